The molecule has 0 radical (unpaired) electrons. The zero-order valence-corrected chi connectivity index (χ0v) is 16.0. The van der Waals surface area contributed by atoms with Crippen molar-refractivity contribution in [2.75, 3.05) is 39.8 Å². The molecule has 0 unspecified atom stereocenters. The van der Waals surface area contributed by atoms with Crippen molar-refractivity contribution in [2.45, 2.75) is 19.9 Å². The predicted octanol–water partition coefficient (Wildman–Crippen LogP) is 1.51. The number of nitrogens with zero attached hydrogens (tertiary/aromatic N) is 3. The normalized spacial score (nSPS) is 15.2. The molecule has 1 aromatic carbocycles. The van der Waals surface area contributed by atoms with Gasteiger partial charge in [-0.1, -0.05) is 23.7 Å². The molecule has 0 aromatic heterocycles. The number of benzene rings is 1. The molecule has 1 N–H and O–H groups in total. The van der Waals surface area contributed by atoms with E-state index in [0.717, 1.165) is 5.56 Å². The molecule has 1 aliphatic heterocycles. The van der Waals surface area contributed by atoms with Gasteiger partial charge in [-0.25, -0.2) is 0 Å². The first-order chi connectivity index (χ1) is 12.5. The highest BCUT2D eigenvalue weighted by atomic mass is 35.5. The van der Waals surface area contributed by atoms with Crippen LogP contribution in [0.1, 0.15) is 18.9 Å². The third-order valence-corrected chi connectivity index (χ3v) is 4.30. The van der Waals surface area contributed by atoms with Gasteiger partial charge in [0.05, 0.1) is 26.6 Å². The maximum atomic E-state index is 12.5. The molecule has 0 atom stereocenters. The van der Waals surface area contributed by atoms with Crippen LogP contribution in [0.2, 0.25) is 5.02 Å². The third-order valence-electron chi connectivity index (χ3n) is 4.04. The van der Waals surface area contributed by atoms with E-state index >= 15 is 0 Å². The molecule has 7 nitrogen and oxygen atoms in total. The second-order valence-corrected chi connectivity index (χ2v) is 6.36. The van der Waals surface area contributed by atoms with E-state index in [0.29, 0.717) is 43.7 Å². The number of carbonyl (C=O) groups is 2. The number of hydrogen-bond donors (Lipinski definition) is 1. The van der Waals surface area contributed by atoms with Gasteiger partial charge >= 0.3 is 5.97 Å². The number of piperazine rings is 1. The Balaban J connectivity index is 1.93. The Morgan fingerprint density at radius 2 is 2.04 bits per heavy atom. The molecule has 0 bridgehead atoms. The van der Waals surface area contributed by atoms with E-state index in [4.69, 9.17) is 11.6 Å². The van der Waals surface area contributed by atoms with Gasteiger partial charge in [-0.2, -0.15) is 0 Å². The Morgan fingerprint density at radius 1 is 1.31 bits per heavy atom. The summed E-state index contributed by atoms with van der Waals surface area (Å²) < 4.78 is 4.62. The molecule has 2 rings (SSSR count). The van der Waals surface area contributed by atoms with E-state index in [2.05, 4.69) is 15.0 Å². The molecule has 142 valence electrons. The molecular formula is C18H25ClN4O3. The van der Waals surface area contributed by atoms with E-state index in [9.17, 15) is 9.59 Å². The first-order valence-corrected chi connectivity index (χ1v) is 9.03. The Bertz CT molecular complexity index is 648. The zero-order valence-electron chi connectivity index (χ0n) is 15.2. The first-order valence-electron chi connectivity index (χ1n) is 8.65. The fraction of sp³-hybridized carbons (Fsp3) is 0.500. The van der Waals surface area contributed by atoms with E-state index in [1.54, 1.807) is 0 Å². The number of halogens is 1. The largest absolute Gasteiger partial charge is 0.469 e. The van der Waals surface area contributed by atoms with E-state index in [-0.39, 0.29) is 24.8 Å². The average molecular weight is 381 g/mol. The van der Waals surface area contributed by atoms with Gasteiger partial charge in [0, 0.05) is 31.2 Å². The topological polar surface area (TPSA) is 74.2 Å². The smallest absolute Gasteiger partial charge is 0.307 e. The lowest BCUT2D eigenvalue weighted by molar-refractivity contribution is -0.140. The maximum absolute atomic E-state index is 12.5. The summed E-state index contributed by atoms with van der Waals surface area (Å²) in [6, 6.07) is 7.52. The van der Waals surface area contributed by atoms with Crippen LogP contribution in [-0.2, 0) is 20.9 Å². The molecule has 26 heavy (non-hydrogen) atoms. The van der Waals surface area contributed by atoms with E-state index < -0.39 is 0 Å². The number of carbonyl (C=O) groups excluding carboxylic acids is 2. The molecule has 0 saturated carbocycles. The predicted molar refractivity (Wildman–Crippen MR) is 101 cm³/mol. The number of rotatable bonds is 6. The molecular weight excluding hydrogens is 356 g/mol. The standard InChI is InChI=1S/C18H25ClN4O3/c1-3-20-18(21-9-8-17(25)26-2)23-11-10-22(16(24)13-23)12-14-4-6-15(19)7-5-14/h4-7H,3,8-13H2,1-2H3,(H,20,21). The van der Waals surface area contributed by atoms with Crippen molar-refractivity contribution in [1.29, 1.82) is 0 Å². The minimum atomic E-state index is -0.298. The number of aliphatic imine (C=N–C) groups is 1. The quantitative estimate of drug-likeness (QED) is 0.460. The van der Waals surface area contributed by atoms with E-state index in [1.807, 2.05) is 41.0 Å². The van der Waals surface area contributed by atoms with Crippen LogP contribution in [0, 0.1) is 0 Å². The maximum Gasteiger partial charge on any atom is 0.307 e. The van der Waals surface area contributed by atoms with Gasteiger partial charge in [0.2, 0.25) is 5.91 Å². The zero-order chi connectivity index (χ0) is 18.9. The van der Waals surface area contributed by atoms with Gasteiger partial charge in [-0.05, 0) is 24.6 Å². The minimum absolute atomic E-state index is 0.0461. The van der Waals surface area contributed by atoms with Crippen molar-refractivity contribution in [3.63, 3.8) is 0 Å². The number of guanidine groups is 1. The van der Waals surface area contributed by atoms with E-state index in [1.165, 1.54) is 7.11 Å². The number of esters is 1. The number of hydrogen-bond acceptors (Lipinski definition) is 4. The first kappa shape index (κ1) is 20.0. The molecule has 0 spiro atoms. The van der Waals surface area contributed by atoms with Crippen molar-refractivity contribution in [1.82, 2.24) is 15.1 Å². The van der Waals surface area contributed by atoms with Crippen LogP contribution in [0.4, 0.5) is 0 Å². The van der Waals surface area contributed by atoms with Crippen molar-refractivity contribution < 1.29 is 14.3 Å². The molecule has 8 heteroatoms. The van der Waals surface area contributed by atoms with Crippen LogP contribution in [-0.4, -0.2) is 67.5 Å². The Kier molecular flexibility index (Phi) is 7.72. The van der Waals surface area contributed by atoms with Gasteiger partial charge in [0.25, 0.3) is 0 Å². The fourth-order valence-corrected chi connectivity index (χ4v) is 2.77. The van der Waals surface area contributed by atoms with Gasteiger partial charge in [-0.15, -0.1) is 0 Å². The molecule has 1 amide bonds. The van der Waals surface area contributed by atoms with Gasteiger partial charge < -0.3 is 19.9 Å². The Morgan fingerprint density at radius 3 is 2.65 bits per heavy atom. The van der Waals surface area contributed by atoms with Crippen LogP contribution >= 0.6 is 11.6 Å². The number of ether oxygens (including phenoxy) is 1. The molecule has 0 aliphatic carbocycles. The molecule has 1 aromatic rings. The van der Waals surface area contributed by atoms with Crippen LogP contribution in [0.5, 0.6) is 0 Å². The van der Waals surface area contributed by atoms with Crippen molar-refractivity contribution in [3.05, 3.63) is 34.9 Å². The number of nitrogens with one attached hydrogen (secondary N) is 1. The van der Waals surface area contributed by atoms with Crippen molar-refractivity contribution in [2.24, 2.45) is 4.99 Å². The van der Waals surface area contributed by atoms with Crippen molar-refractivity contribution in [3.8, 4) is 0 Å². The molecule has 1 aliphatic rings. The minimum Gasteiger partial charge on any atom is -0.469 e. The summed E-state index contributed by atoms with van der Waals surface area (Å²) in [5.41, 5.74) is 1.05. The summed E-state index contributed by atoms with van der Waals surface area (Å²) >= 11 is 5.90. The summed E-state index contributed by atoms with van der Waals surface area (Å²) in [5, 5.41) is 3.86. The molecule has 1 saturated heterocycles. The Labute approximate surface area is 159 Å². The summed E-state index contributed by atoms with van der Waals surface area (Å²) in [7, 11) is 1.36. The number of amides is 1. The summed E-state index contributed by atoms with van der Waals surface area (Å²) in [4.78, 5) is 31.9. The lowest BCUT2D eigenvalue weighted by Crippen LogP contribution is -2.55. The van der Waals surface area contributed by atoms with Crippen LogP contribution in [0.25, 0.3) is 0 Å². The lowest BCUT2D eigenvalue weighted by Gasteiger charge is -2.36. The van der Waals surface area contributed by atoms with Crippen molar-refractivity contribution >= 4 is 29.4 Å². The van der Waals surface area contributed by atoms with Gasteiger partial charge in [0.15, 0.2) is 5.96 Å². The van der Waals surface area contributed by atoms with Gasteiger partial charge in [-0.3, -0.25) is 14.6 Å². The monoisotopic (exact) mass is 380 g/mol. The lowest BCUT2D eigenvalue weighted by atomic mass is 10.2. The summed E-state index contributed by atoms with van der Waals surface area (Å²) in [6.07, 6.45) is 0.218. The van der Waals surface area contributed by atoms with Gasteiger partial charge in [0.1, 0.15) is 0 Å². The SMILES string of the molecule is CCNC(=NCCC(=O)OC)N1CCN(Cc2ccc(Cl)cc2)C(=O)C1. The van der Waals surface area contributed by atoms with Crippen LogP contribution in [0.15, 0.2) is 29.3 Å². The second-order valence-electron chi connectivity index (χ2n) is 5.93. The molecule has 1 heterocycles. The van der Waals surface area contributed by atoms with Crippen LogP contribution < -0.4 is 5.32 Å². The second kappa shape index (κ2) is 10.0. The highest BCUT2D eigenvalue weighted by Gasteiger charge is 2.26. The summed E-state index contributed by atoms with van der Waals surface area (Å²) in [6.45, 7) is 5.11. The Hall–Kier alpha value is -2.28. The fourth-order valence-electron chi connectivity index (χ4n) is 2.65. The average Bonchev–Trinajstić information content (AvgIpc) is 2.64. The third kappa shape index (κ3) is 5.91. The number of methoxy groups -OCH3 is 1. The highest BCUT2D eigenvalue weighted by molar-refractivity contribution is 6.30. The molecule has 1 fully saturated rings. The summed E-state index contributed by atoms with van der Waals surface area (Å²) in [5.74, 6) is 0.397. The van der Waals surface area contributed by atoms with Crippen LogP contribution in [0.3, 0.4) is 0 Å². The highest BCUT2D eigenvalue weighted by Crippen LogP contribution is 2.13.